The molecule has 0 saturated carbocycles. The van der Waals surface area contributed by atoms with Crippen LogP contribution in [0.1, 0.15) is 5.56 Å². The molecule has 0 unspecified atom stereocenters. The molecule has 1 rings (SSSR count). The maximum Gasteiger partial charge on any atom is 0.242 e. The number of carbonyl (C=O) groups excluding carboxylic acids is 1. The van der Waals surface area contributed by atoms with Crippen LogP contribution in [0.3, 0.4) is 0 Å². The number of carbonyl (C=O) groups is 1. The molecule has 0 heterocycles. The summed E-state index contributed by atoms with van der Waals surface area (Å²) in [5.74, 6) is 0.00351. The highest BCUT2D eigenvalue weighted by Gasteiger charge is 2.08. The van der Waals surface area contributed by atoms with Crippen molar-refractivity contribution in [3.8, 4) is 0 Å². The van der Waals surface area contributed by atoms with Crippen LogP contribution in [0.5, 0.6) is 0 Å². The van der Waals surface area contributed by atoms with E-state index >= 15 is 0 Å². The molecule has 0 aliphatic rings. The minimum Gasteiger partial charge on any atom is -0.349 e. The maximum atomic E-state index is 11.5. The van der Waals surface area contributed by atoms with E-state index in [2.05, 4.69) is 20.7 Å². The van der Waals surface area contributed by atoms with Crippen molar-refractivity contribution in [2.75, 3.05) is 23.5 Å². The third-order valence-corrected chi connectivity index (χ3v) is 4.87. The first kappa shape index (κ1) is 15.0. The molecule has 18 heavy (non-hydrogen) atoms. The second kappa shape index (κ2) is 6.19. The van der Waals surface area contributed by atoms with E-state index in [0.29, 0.717) is 12.1 Å². The molecule has 1 amide bonds. The normalized spacial score (nSPS) is 11.1. The summed E-state index contributed by atoms with van der Waals surface area (Å²) >= 11 is 2.89. The fourth-order valence-electron chi connectivity index (χ4n) is 1.23. The Hall–Kier alpha value is -1.08. The lowest BCUT2D eigenvalue weighted by Crippen LogP contribution is -2.23. The van der Waals surface area contributed by atoms with Crippen molar-refractivity contribution in [1.82, 2.24) is 4.90 Å². The summed E-state index contributed by atoms with van der Waals surface area (Å²) < 4.78 is 24.9. The maximum absolute atomic E-state index is 11.5. The molecule has 7 heteroatoms. The van der Waals surface area contributed by atoms with Crippen LogP contribution in [0.25, 0.3) is 0 Å². The van der Waals surface area contributed by atoms with Crippen LogP contribution in [0.2, 0.25) is 0 Å². The Morgan fingerprint density at radius 3 is 2.28 bits per heavy atom. The van der Waals surface area contributed by atoms with E-state index in [9.17, 15) is 13.2 Å². The summed E-state index contributed by atoms with van der Waals surface area (Å²) in [6.07, 6.45) is 0.304. The molecule has 0 aliphatic heterocycles. The molecule has 1 N–H and O–H groups in total. The lowest BCUT2D eigenvalue weighted by atomic mass is 10.1. The van der Waals surface area contributed by atoms with Crippen LogP contribution in [-0.2, 0) is 21.2 Å². The number of nitrogens with one attached hydrogen (secondary N) is 1. The zero-order valence-corrected chi connectivity index (χ0v) is 12.6. The average molecular weight is 335 g/mol. The van der Waals surface area contributed by atoms with Gasteiger partial charge in [-0.2, -0.15) is 0 Å². The van der Waals surface area contributed by atoms with Gasteiger partial charge in [0.2, 0.25) is 15.9 Å². The predicted molar refractivity (Wildman–Crippen MR) is 75.2 cm³/mol. The molecule has 0 fully saturated rings. The van der Waals surface area contributed by atoms with Crippen molar-refractivity contribution in [2.24, 2.45) is 0 Å². The van der Waals surface area contributed by atoms with Crippen molar-refractivity contribution in [2.45, 2.75) is 6.42 Å². The van der Waals surface area contributed by atoms with E-state index in [1.165, 1.54) is 4.90 Å². The number of halogens is 1. The van der Waals surface area contributed by atoms with E-state index in [0.717, 1.165) is 5.56 Å². The SMILES string of the molecule is CN(C)C(=O)Cc1ccc(NS(=O)(=O)CBr)cc1. The van der Waals surface area contributed by atoms with Crippen LogP contribution in [0, 0.1) is 0 Å². The number of nitrogens with zero attached hydrogens (tertiary/aromatic N) is 1. The lowest BCUT2D eigenvalue weighted by Gasteiger charge is -2.10. The zero-order chi connectivity index (χ0) is 13.8. The van der Waals surface area contributed by atoms with Crippen LogP contribution in [0.15, 0.2) is 24.3 Å². The highest BCUT2D eigenvalue weighted by Crippen LogP contribution is 2.13. The number of amides is 1. The summed E-state index contributed by atoms with van der Waals surface area (Å²) in [6.45, 7) is 0. The topological polar surface area (TPSA) is 66.5 Å². The molecule has 0 aromatic heterocycles. The van der Waals surface area contributed by atoms with Gasteiger partial charge in [-0.3, -0.25) is 9.52 Å². The number of alkyl halides is 1. The number of hydrogen-bond donors (Lipinski definition) is 1. The highest BCUT2D eigenvalue weighted by molar-refractivity contribution is 9.10. The predicted octanol–water partition coefficient (Wildman–Crippen LogP) is 1.41. The molecule has 1 aromatic carbocycles. The van der Waals surface area contributed by atoms with Gasteiger partial charge in [0, 0.05) is 19.8 Å². The summed E-state index contributed by atoms with van der Waals surface area (Å²) in [5.41, 5.74) is 1.32. The van der Waals surface area contributed by atoms with Gasteiger partial charge >= 0.3 is 0 Å². The van der Waals surface area contributed by atoms with E-state index < -0.39 is 10.0 Å². The largest absolute Gasteiger partial charge is 0.349 e. The molecule has 5 nitrogen and oxygen atoms in total. The Labute approximate surface area is 115 Å². The third-order valence-electron chi connectivity index (χ3n) is 2.23. The molecule has 0 spiro atoms. The minimum absolute atomic E-state index is 0.00351. The van der Waals surface area contributed by atoms with E-state index in [1.807, 2.05) is 0 Å². The average Bonchev–Trinajstić information content (AvgIpc) is 2.31. The van der Waals surface area contributed by atoms with Crippen molar-refractivity contribution < 1.29 is 13.2 Å². The molecular weight excluding hydrogens is 320 g/mol. The first-order valence-electron chi connectivity index (χ1n) is 5.19. The van der Waals surface area contributed by atoms with Gasteiger partial charge in [-0.25, -0.2) is 8.42 Å². The molecule has 0 aliphatic carbocycles. The Balaban J connectivity index is 2.72. The first-order chi connectivity index (χ1) is 8.34. The lowest BCUT2D eigenvalue weighted by molar-refractivity contribution is -0.127. The molecule has 0 radical (unpaired) electrons. The molecule has 0 saturated heterocycles. The van der Waals surface area contributed by atoms with Crippen LogP contribution >= 0.6 is 15.9 Å². The Kier molecular flexibility index (Phi) is 5.15. The summed E-state index contributed by atoms with van der Waals surface area (Å²) in [4.78, 5) is 13.0. The second-order valence-corrected chi connectivity index (χ2v) is 7.01. The zero-order valence-electron chi connectivity index (χ0n) is 10.2. The monoisotopic (exact) mass is 334 g/mol. The number of rotatable bonds is 5. The highest BCUT2D eigenvalue weighted by atomic mass is 79.9. The van der Waals surface area contributed by atoms with Crippen LogP contribution < -0.4 is 4.72 Å². The van der Waals surface area contributed by atoms with Gasteiger partial charge in [0.1, 0.15) is 4.66 Å². The van der Waals surface area contributed by atoms with Gasteiger partial charge in [0.25, 0.3) is 0 Å². The number of sulfonamides is 1. The van der Waals surface area contributed by atoms with Crippen molar-refractivity contribution >= 4 is 37.5 Å². The smallest absolute Gasteiger partial charge is 0.242 e. The van der Waals surface area contributed by atoms with Gasteiger partial charge in [0.05, 0.1) is 6.42 Å². The minimum atomic E-state index is -3.33. The third kappa shape index (κ3) is 4.66. The molecular formula is C11H15BrN2O3S. The summed E-state index contributed by atoms with van der Waals surface area (Å²) in [7, 11) is 0.0601. The second-order valence-electron chi connectivity index (χ2n) is 3.99. The van der Waals surface area contributed by atoms with E-state index in [4.69, 9.17) is 0 Å². The van der Waals surface area contributed by atoms with Crippen LogP contribution in [-0.4, -0.2) is 38.0 Å². The summed E-state index contributed by atoms with van der Waals surface area (Å²) in [6, 6.07) is 6.73. The standard InChI is InChI=1S/C11H15BrN2O3S/c1-14(2)11(15)7-9-3-5-10(6-4-9)13-18(16,17)8-12/h3-6,13H,7-8H2,1-2H3. The molecule has 0 bridgehead atoms. The van der Waals surface area contributed by atoms with Crippen LogP contribution in [0.4, 0.5) is 5.69 Å². The van der Waals surface area contributed by atoms with Gasteiger partial charge in [-0.1, -0.05) is 28.1 Å². The molecule has 100 valence electrons. The van der Waals surface area contributed by atoms with Gasteiger partial charge in [-0.15, -0.1) is 0 Å². The Morgan fingerprint density at radius 1 is 1.28 bits per heavy atom. The molecule has 0 atom stereocenters. The van der Waals surface area contributed by atoms with Gasteiger partial charge in [-0.05, 0) is 17.7 Å². The number of anilines is 1. The van der Waals surface area contributed by atoms with Crippen molar-refractivity contribution in [3.05, 3.63) is 29.8 Å². The number of likely N-dealkylation sites (N-methyl/N-ethyl adjacent to an activating group) is 1. The fourth-order valence-corrected chi connectivity index (χ4v) is 2.12. The fraction of sp³-hybridized carbons (Fsp3) is 0.364. The van der Waals surface area contributed by atoms with E-state index in [-0.39, 0.29) is 10.6 Å². The quantitative estimate of drug-likeness (QED) is 0.828. The Bertz CT molecular complexity index is 512. The van der Waals surface area contributed by atoms with Gasteiger partial charge < -0.3 is 4.90 Å². The van der Waals surface area contributed by atoms with E-state index in [1.54, 1.807) is 38.4 Å². The number of hydrogen-bond acceptors (Lipinski definition) is 3. The summed E-state index contributed by atoms with van der Waals surface area (Å²) in [5, 5.41) is 0. The van der Waals surface area contributed by atoms with Crippen molar-refractivity contribution in [3.63, 3.8) is 0 Å². The first-order valence-corrected chi connectivity index (χ1v) is 7.97. The molecule has 1 aromatic rings. The van der Waals surface area contributed by atoms with Crippen molar-refractivity contribution in [1.29, 1.82) is 0 Å². The number of benzene rings is 1. The van der Waals surface area contributed by atoms with Gasteiger partial charge in [0.15, 0.2) is 0 Å². The Morgan fingerprint density at radius 2 is 1.83 bits per heavy atom.